The quantitative estimate of drug-likeness (QED) is 0.116. The Morgan fingerprint density at radius 2 is 1.08 bits per heavy atom. The molecule has 0 saturated carbocycles. The zero-order valence-electron chi connectivity index (χ0n) is 27.6. The van der Waals surface area contributed by atoms with Gasteiger partial charge in [0, 0.05) is 5.56 Å². The van der Waals surface area contributed by atoms with E-state index in [-0.39, 0.29) is 58.8 Å². The van der Waals surface area contributed by atoms with Crippen molar-refractivity contribution in [3.8, 4) is 34.3 Å². The highest BCUT2D eigenvalue weighted by Gasteiger charge is 2.25. The largest absolute Gasteiger partial charge is 0.485 e. The molecule has 52 heavy (non-hydrogen) atoms. The molecule has 0 fully saturated rings. The van der Waals surface area contributed by atoms with Gasteiger partial charge in [-0.05, 0) is 59.2 Å². The van der Waals surface area contributed by atoms with Gasteiger partial charge in [0.05, 0.1) is 21.0 Å². The number of ether oxygens (including phenoxy) is 4. The molecular formula is C43H30Cl2O7. The van der Waals surface area contributed by atoms with Crippen LogP contribution in [0.4, 0.5) is 0 Å². The zero-order valence-corrected chi connectivity index (χ0v) is 29.1. The summed E-state index contributed by atoms with van der Waals surface area (Å²) in [6, 6.07) is 43.3. The molecule has 9 heteroatoms. The Balaban J connectivity index is 1.31. The molecule has 1 aromatic heterocycles. The first-order valence-corrected chi connectivity index (χ1v) is 17.1. The maximum absolute atomic E-state index is 14.1. The van der Waals surface area contributed by atoms with Crippen LogP contribution in [-0.4, -0.2) is 5.97 Å². The summed E-state index contributed by atoms with van der Waals surface area (Å²) in [4.78, 5) is 28.1. The van der Waals surface area contributed by atoms with Crippen molar-refractivity contribution in [3.63, 3.8) is 0 Å². The maximum atomic E-state index is 14.1. The number of benzene rings is 6. The molecule has 0 atom stereocenters. The third kappa shape index (κ3) is 7.97. The summed E-state index contributed by atoms with van der Waals surface area (Å²) in [5.74, 6) is -0.369. The summed E-state index contributed by atoms with van der Waals surface area (Å²) in [5, 5.41) is 0.782. The van der Waals surface area contributed by atoms with Gasteiger partial charge in [0.1, 0.15) is 25.4 Å². The number of rotatable bonds is 12. The number of halogens is 2. The molecule has 0 unspecified atom stereocenters. The van der Waals surface area contributed by atoms with E-state index >= 15 is 0 Å². The lowest BCUT2D eigenvalue weighted by atomic mass is 10.1. The molecule has 0 aliphatic rings. The summed E-state index contributed by atoms with van der Waals surface area (Å²) in [5.41, 5.74) is 2.93. The van der Waals surface area contributed by atoms with Crippen LogP contribution in [0.1, 0.15) is 27.0 Å². The number of hydrogen-bond donors (Lipinski definition) is 0. The molecule has 0 N–H and O–H groups in total. The first kappa shape index (κ1) is 34.4. The van der Waals surface area contributed by atoms with Crippen molar-refractivity contribution in [1.29, 1.82) is 0 Å². The SMILES string of the molecule is O=C(Oc1c(-c2ccc(Cl)c(Cl)c2)oc2ccccc2c1=O)c1cc(OCc2ccccc2)c(OCc2ccccc2)c(OCc2ccccc2)c1. The highest BCUT2D eigenvalue weighted by Crippen LogP contribution is 2.41. The zero-order chi connectivity index (χ0) is 35.9. The van der Waals surface area contributed by atoms with Crippen LogP contribution in [0.5, 0.6) is 23.0 Å². The first-order valence-electron chi connectivity index (χ1n) is 16.3. The van der Waals surface area contributed by atoms with Crippen molar-refractivity contribution in [2.75, 3.05) is 0 Å². The van der Waals surface area contributed by atoms with E-state index in [9.17, 15) is 9.59 Å². The number of fused-ring (bicyclic) bond motifs is 1. The molecule has 1 heterocycles. The van der Waals surface area contributed by atoms with Crippen LogP contribution in [0.25, 0.3) is 22.3 Å². The Morgan fingerprint density at radius 1 is 0.558 bits per heavy atom. The maximum Gasteiger partial charge on any atom is 0.344 e. The minimum atomic E-state index is -0.854. The van der Waals surface area contributed by atoms with Gasteiger partial charge in [0.25, 0.3) is 0 Å². The van der Waals surface area contributed by atoms with E-state index in [4.69, 9.17) is 46.6 Å². The Labute approximate surface area is 309 Å². The molecule has 0 aliphatic carbocycles. The molecule has 7 rings (SSSR count). The van der Waals surface area contributed by atoms with Crippen LogP contribution in [0.2, 0.25) is 10.0 Å². The van der Waals surface area contributed by atoms with Gasteiger partial charge >= 0.3 is 5.97 Å². The van der Waals surface area contributed by atoms with Gasteiger partial charge < -0.3 is 23.4 Å². The Hall–Kier alpha value is -6.02. The molecule has 0 radical (unpaired) electrons. The summed E-state index contributed by atoms with van der Waals surface area (Å²) < 4.78 is 31.1. The van der Waals surface area contributed by atoms with Crippen molar-refractivity contribution in [2.24, 2.45) is 0 Å². The Bertz CT molecular complexity index is 2330. The molecule has 0 aliphatic heterocycles. The summed E-state index contributed by atoms with van der Waals surface area (Å²) in [6.07, 6.45) is 0. The number of para-hydroxylation sites is 1. The van der Waals surface area contributed by atoms with Crippen LogP contribution in [0, 0.1) is 0 Å². The lowest BCUT2D eigenvalue weighted by Gasteiger charge is -2.19. The predicted octanol–water partition coefficient (Wildman–Crippen LogP) is 10.7. The van der Waals surface area contributed by atoms with E-state index in [2.05, 4.69) is 0 Å². The molecule has 0 amide bonds. The lowest BCUT2D eigenvalue weighted by molar-refractivity contribution is 0.0730. The van der Waals surface area contributed by atoms with E-state index in [1.807, 2.05) is 91.0 Å². The Morgan fingerprint density at radius 3 is 1.63 bits per heavy atom. The highest BCUT2D eigenvalue weighted by molar-refractivity contribution is 6.42. The number of carbonyl (C=O) groups excluding carboxylic acids is 1. The summed E-state index contributed by atoms with van der Waals surface area (Å²) in [7, 11) is 0. The van der Waals surface area contributed by atoms with E-state index in [1.54, 1.807) is 36.4 Å². The van der Waals surface area contributed by atoms with E-state index in [1.165, 1.54) is 18.2 Å². The average Bonchev–Trinajstić information content (AvgIpc) is 3.18. The molecule has 7 aromatic rings. The average molecular weight is 730 g/mol. The van der Waals surface area contributed by atoms with Gasteiger partial charge in [-0.25, -0.2) is 4.79 Å². The highest BCUT2D eigenvalue weighted by atomic mass is 35.5. The molecular weight excluding hydrogens is 699 g/mol. The summed E-state index contributed by atoms with van der Waals surface area (Å²) >= 11 is 12.5. The van der Waals surface area contributed by atoms with E-state index in [0.717, 1.165) is 16.7 Å². The van der Waals surface area contributed by atoms with Crippen molar-refractivity contribution in [3.05, 3.63) is 188 Å². The number of carbonyl (C=O) groups is 1. The molecule has 0 spiro atoms. The van der Waals surface area contributed by atoms with Crippen LogP contribution in [0.3, 0.4) is 0 Å². The number of esters is 1. The van der Waals surface area contributed by atoms with E-state index < -0.39 is 11.4 Å². The van der Waals surface area contributed by atoms with Gasteiger partial charge in [-0.2, -0.15) is 0 Å². The van der Waals surface area contributed by atoms with Gasteiger partial charge in [0.2, 0.25) is 16.9 Å². The fraction of sp³-hybridized carbons (Fsp3) is 0.0698. The molecule has 6 aromatic carbocycles. The third-order valence-electron chi connectivity index (χ3n) is 8.09. The summed E-state index contributed by atoms with van der Waals surface area (Å²) in [6.45, 7) is 0.559. The minimum Gasteiger partial charge on any atom is -0.485 e. The predicted molar refractivity (Wildman–Crippen MR) is 202 cm³/mol. The normalized spacial score (nSPS) is 10.9. The second-order valence-corrected chi connectivity index (χ2v) is 12.5. The molecule has 0 saturated heterocycles. The minimum absolute atomic E-state index is 0.0135. The number of hydrogen-bond acceptors (Lipinski definition) is 7. The topological polar surface area (TPSA) is 84.2 Å². The van der Waals surface area contributed by atoms with Gasteiger partial charge in [0.15, 0.2) is 17.3 Å². The lowest BCUT2D eigenvalue weighted by Crippen LogP contribution is -2.17. The van der Waals surface area contributed by atoms with Gasteiger partial charge in [-0.1, -0.05) is 126 Å². The Kier molecular flexibility index (Phi) is 10.5. The third-order valence-corrected chi connectivity index (χ3v) is 8.83. The van der Waals surface area contributed by atoms with Gasteiger partial charge in [-0.3, -0.25) is 4.79 Å². The fourth-order valence-electron chi connectivity index (χ4n) is 5.45. The first-order chi connectivity index (χ1) is 25.4. The molecule has 0 bridgehead atoms. The molecule has 7 nitrogen and oxygen atoms in total. The monoisotopic (exact) mass is 728 g/mol. The van der Waals surface area contributed by atoms with Crippen LogP contribution in [-0.2, 0) is 19.8 Å². The standard InChI is InChI=1S/C43H30Cl2O7/c44-34-21-20-31(22-35(34)45)40-42(39(46)33-18-10-11-19-36(33)51-40)52-43(47)32-23-37(48-25-28-12-4-1-5-13-28)41(50-27-30-16-8-3-9-17-30)38(24-32)49-26-29-14-6-2-7-15-29/h1-24H,25-27H2. The van der Waals surface area contributed by atoms with Crippen LogP contribution in [0.15, 0.2) is 155 Å². The van der Waals surface area contributed by atoms with Crippen molar-refractivity contribution >= 4 is 40.1 Å². The second kappa shape index (κ2) is 15.9. The van der Waals surface area contributed by atoms with E-state index in [0.29, 0.717) is 21.9 Å². The van der Waals surface area contributed by atoms with Crippen molar-refractivity contribution in [1.82, 2.24) is 0 Å². The second-order valence-electron chi connectivity index (χ2n) is 11.7. The van der Waals surface area contributed by atoms with Crippen molar-refractivity contribution in [2.45, 2.75) is 19.8 Å². The van der Waals surface area contributed by atoms with Crippen LogP contribution < -0.4 is 24.4 Å². The van der Waals surface area contributed by atoms with Crippen molar-refractivity contribution < 1.29 is 28.2 Å². The van der Waals surface area contributed by atoms with Crippen LogP contribution >= 0.6 is 23.2 Å². The van der Waals surface area contributed by atoms with Gasteiger partial charge in [-0.15, -0.1) is 0 Å². The molecule has 258 valence electrons. The smallest absolute Gasteiger partial charge is 0.344 e. The fourth-order valence-corrected chi connectivity index (χ4v) is 5.75.